The summed E-state index contributed by atoms with van der Waals surface area (Å²) in [4.78, 5) is 34.4. The maximum atomic E-state index is 13.7. The van der Waals surface area contributed by atoms with Gasteiger partial charge in [0.25, 0.3) is 9.06 Å². The Balaban J connectivity index is 1.40. The van der Waals surface area contributed by atoms with Gasteiger partial charge in [0.05, 0.1) is 11.4 Å². The Hall–Kier alpha value is -2.25. The molecule has 2 saturated heterocycles. The average molecular weight is 675 g/mol. The minimum Gasteiger partial charge on any atom is -0.330 e. The van der Waals surface area contributed by atoms with Gasteiger partial charge in [0.1, 0.15) is 5.54 Å². The van der Waals surface area contributed by atoms with E-state index in [1.165, 1.54) is 0 Å². The molecule has 46 heavy (non-hydrogen) atoms. The molecule has 2 aromatic rings. The molecule has 4 rings (SSSR count). The van der Waals surface area contributed by atoms with Crippen LogP contribution in [0.1, 0.15) is 82.7 Å². The number of aromatic nitrogens is 2. The first-order chi connectivity index (χ1) is 21.8. The van der Waals surface area contributed by atoms with Crippen LogP contribution in [-0.2, 0) is 25.2 Å². The Morgan fingerprint density at radius 2 is 1.76 bits per heavy atom. The van der Waals surface area contributed by atoms with Gasteiger partial charge >= 0.3 is 0 Å². The van der Waals surface area contributed by atoms with Crippen molar-refractivity contribution in [3.05, 3.63) is 41.2 Å². The fourth-order valence-electron chi connectivity index (χ4n) is 6.88. The minimum absolute atomic E-state index is 0.182. The van der Waals surface area contributed by atoms with Crippen molar-refractivity contribution in [1.29, 1.82) is 0 Å². The molecule has 0 saturated carbocycles. The van der Waals surface area contributed by atoms with Crippen molar-refractivity contribution in [2.24, 2.45) is 11.8 Å². The molecule has 2 aliphatic heterocycles. The summed E-state index contributed by atoms with van der Waals surface area (Å²) in [6, 6.07) is 7.44. The predicted molar refractivity (Wildman–Crippen MR) is 185 cm³/mol. The van der Waals surface area contributed by atoms with Crippen LogP contribution in [0.5, 0.6) is 0 Å². The molecule has 2 aliphatic rings. The summed E-state index contributed by atoms with van der Waals surface area (Å²) >= 11 is 0. The quantitative estimate of drug-likeness (QED) is 0.209. The number of carbonyl (C=O) groups excluding carboxylic acids is 2. The van der Waals surface area contributed by atoms with E-state index in [0.717, 1.165) is 85.3 Å². The lowest BCUT2D eigenvalue weighted by Crippen LogP contribution is -2.66. The highest BCUT2D eigenvalue weighted by molar-refractivity contribution is 8.71. The van der Waals surface area contributed by atoms with Crippen LogP contribution in [0.4, 0.5) is 0 Å². The molecule has 0 radical (unpaired) electrons. The predicted octanol–water partition coefficient (Wildman–Crippen LogP) is 4.97. The molecule has 1 spiro atoms. The minimum atomic E-state index is -3.49. The highest BCUT2D eigenvalue weighted by Gasteiger charge is 2.53. The number of carbonyl (C=O) groups is 2. The number of amides is 1. The molecule has 10 nitrogen and oxygen atoms in total. The van der Waals surface area contributed by atoms with Crippen LogP contribution >= 0.6 is 10.8 Å². The Morgan fingerprint density at radius 1 is 1.09 bits per heavy atom. The van der Waals surface area contributed by atoms with Gasteiger partial charge in [0, 0.05) is 72.0 Å². The number of hydrogen-bond donors (Lipinski definition) is 1. The van der Waals surface area contributed by atoms with Gasteiger partial charge in [-0.1, -0.05) is 27.2 Å². The third kappa shape index (κ3) is 8.80. The summed E-state index contributed by atoms with van der Waals surface area (Å²) in [6.07, 6.45) is 5.15. The van der Waals surface area contributed by atoms with Gasteiger partial charge < -0.3 is 9.80 Å². The number of benzene rings is 1. The van der Waals surface area contributed by atoms with Gasteiger partial charge in [-0.3, -0.25) is 14.5 Å². The van der Waals surface area contributed by atoms with E-state index in [2.05, 4.69) is 37.3 Å². The molecule has 1 N–H and O–H groups in total. The summed E-state index contributed by atoms with van der Waals surface area (Å²) in [7, 11) is 1.26. The zero-order valence-corrected chi connectivity index (χ0v) is 30.5. The van der Waals surface area contributed by atoms with Crippen LogP contribution in [-0.4, -0.2) is 96.9 Å². The fourth-order valence-corrected chi connectivity index (χ4v) is 9.35. The fraction of sp³-hybridized carbons (Fsp3) is 0.676. The number of likely N-dealkylation sites (tertiary alicyclic amines) is 2. The van der Waals surface area contributed by atoms with E-state index in [1.807, 2.05) is 59.8 Å². The van der Waals surface area contributed by atoms with Crippen molar-refractivity contribution >= 4 is 31.5 Å². The standard InChI is InChI=1S/C34H54N6O4S2/c1-8-9-19-39-33(42)28(22-25(2)3)23-32(41)34(39)15-20-38(21-16-34)24-31-26(4)36-40(27(31)5)29-11-13-30(14-12-29)45-46(43,44)35-17-10-18-37(6)7/h11-14,25,28,35H,8-10,15-24H2,1-7H3/t28-/m1/s1. The van der Waals surface area contributed by atoms with Crippen LogP contribution in [0.3, 0.4) is 0 Å². The van der Waals surface area contributed by atoms with E-state index in [-0.39, 0.29) is 17.6 Å². The first-order valence-electron chi connectivity index (χ1n) is 16.8. The molecule has 0 unspecified atom stereocenters. The first-order valence-corrected chi connectivity index (χ1v) is 19.6. The van der Waals surface area contributed by atoms with Gasteiger partial charge in [0.2, 0.25) is 5.91 Å². The molecule has 12 heteroatoms. The largest absolute Gasteiger partial charge is 0.330 e. The average Bonchev–Trinajstić information content (AvgIpc) is 3.27. The second kappa shape index (κ2) is 15.8. The van der Waals surface area contributed by atoms with Crippen molar-refractivity contribution in [1.82, 2.24) is 29.2 Å². The molecule has 0 aliphatic carbocycles. The second-order valence-corrected chi connectivity index (χ2v) is 17.4. The molecule has 256 valence electrons. The molecule has 1 aromatic carbocycles. The number of ketones is 1. The highest BCUT2D eigenvalue weighted by Crippen LogP contribution is 2.40. The third-order valence-corrected chi connectivity index (χ3v) is 12.3. The molecule has 1 atom stereocenters. The van der Waals surface area contributed by atoms with Crippen LogP contribution in [0.15, 0.2) is 29.2 Å². The molecule has 1 amide bonds. The van der Waals surface area contributed by atoms with Gasteiger partial charge in [-0.2, -0.15) is 5.10 Å². The summed E-state index contributed by atoms with van der Waals surface area (Å²) in [5.74, 6) is 0.636. The number of rotatable bonds is 15. The van der Waals surface area contributed by atoms with E-state index in [1.54, 1.807) is 0 Å². The Morgan fingerprint density at radius 3 is 2.37 bits per heavy atom. The zero-order chi connectivity index (χ0) is 33.6. The number of hydrogen-bond acceptors (Lipinski definition) is 8. The highest BCUT2D eigenvalue weighted by atomic mass is 33.1. The summed E-state index contributed by atoms with van der Waals surface area (Å²) < 4.78 is 29.6. The lowest BCUT2D eigenvalue weighted by Gasteiger charge is -2.52. The van der Waals surface area contributed by atoms with Gasteiger partial charge in [-0.25, -0.2) is 17.8 Å². The summed E-state index contributed by atoms with van der Waals surface area (Å²) in [5, 5.41) is 4.84. The normalized spacial score (nSPS) is 19.2. The monoisotopic (exact) mass is 674 g/mol. The topological polar surface area (TPSA) is 108 Å². The molecule has 1 aromatic heterocycles. The zero-order valence-electron chi connectivity index (χ0n) is 28.8. The Bertz CT molecular complexity index is 1450. The van der Waals surface area contributed by atoms with Gasteiger partial charge in [0.15, 0.2) is 5.78 Å². The molecule has 0 bridgehead atoms. The van der Waals surface area contributed by atoms with Crippen LogP contribution < -0.4 is 4.72 Å². The molecule has 3 heterocycles. The van der Waals surface area contributed by atoms with Crippen LogP contribution in [0.25, 0.3) is 5.69 Å². The van der Waals surface area contributed by atoms with E-state index >= 15 is 0 Å². The number of Topliss-reactive ketones (excluding diaryl/α,β-unsaturated/α-hetero) is 1. The van der Waals surface area contributed by atoms with Crippen LogP contribution in [0.2, 0.25) is 0 Å². The smallest absolute Gasteiger partial charge is 0.269 e. The maximum Gasteiger partial charge on any atom is 0.269 e. The molecular weight excluding hydrogens is 621 g/mol. The Kier molecular flexibility index (Phi) is 12.5. The number of piperidine rings is 2. The van der Waals surface area contributed by atoms with E-state index in [9.17, 15) is 18.0 Å². The van der Waals surface area contributed by atoms with E-state index in [0.29, 0.717) is 43.2 Å². The van der Waals surface area contributed by atoms with Crippen molar-refractivity contribution < 1.29 is 18.0 Å². The molecule has 2 fully saturated rings. The summed E-state index contributed by atoms with van der Waals surface area (Å²) in [6.45, 7) is 14.6. The van der Waals surface area contributed by atoms with Crippen molar-refractivity contribution in [3.8, 4) is 5.69 Å². The lowest BCUT2D eigenvalue weighted by atomic mass is 9.72. The van der Waals surface area contributed by atoms with E-state index in [4.69, 9.17) is 5.10 Å². The first kappa shape index (κ1) is 36.6. The van der Waals surface area contributed by atoms with Crippen LogP contribution in [0, 0.1) is 25.7 Å². The third-order valence-electron chi connectivity index (χ3n) is 9.43. The van der Waals surface area contributed by atoms with Gasteiger partial charge in [-0.15, -0.1) is 0 Å². The summed E-state index contributed by atoms with van der Waals surface area (Å²) in [5.41, 5.74) is 3.35. The number of nitrogens with zero attached hydrogens (tertiary/aromatic N) is 5. The SMILES string of the molecule is CCCCN1C(=O)[C@H](CC(C)C)CC(=O)C12CCN(Cc1c(C)nn(-c3ccc(SS(=O)(=O)NCCCN(C)C)cc3)c1C)CC2. The van der Waals surface area contributed by atoms with Crippen molar-refractivity contribution in [2.75, 3.05) is 46.8 Å². The molecular formula is C34H54N6O4S2. The maximum absolute atomic E-state index is 13.7. The van der Waals surface area contributed by atoms with Crippen molar-refractivity contribution in [2.45, 2.75) is 96.5 Å². The van der Waals surface area contributed by atoms with E-state index < -0.39 is 14.6 Å². The van der Waals surface area contributed by atoms with Gasteiger partial charge in [-0.05, 0) is 96.8 Å². The number of aryl methyl sites for hydroxylation is 1. The number of unbranched alkanes of at least 4 members (excludes halogenated alkanes) is 1. The van der Waals surface area contributed by atoms with Crippen molar-refractivity contribution in [3.63, 3.8) is 0 Å². The lowest BCUT2D eigenvalue weighted by molar-refractivity contribution is -0.162. The Labute approximate surface area is 280 Å². The number of nitrogens with one attached hydrogen (secondary N) is 1. The second-order valence-electron chi connectivity index (χ2n) is 13.7.